The molecule has 0 heterocycles. The van der Waals surface area contributed by atoms with E-state index in [9.17, 15) is 4.79 Å². The Morgan fingerprint density at radius 3 is 2.62 bits per heavy atom. The Kier molecular flexibility index (Phi) is 2.31. The summed E-state index contributed by atoms with van der Waals surface area (Å²) >= 11 is 11.7. The lowest BCUT2D eigenvalue weighted by Gasteiger charge is -2.01. The van der Waals surface area contributed by atoms with Crippen molar-refractivity contribution in [2.75, 3.05) is 0 Å². The molecular formula is C10H8Cl2O. The van der Waals surface area contributed by atoms with Crippen LogP contribution in [0.25, 0.3) is 0 Å². The van der Waals surface area contributed by atoms with E-state index in [1.165, 1.54) is 0 Å². The number of rotatable bonds is 2. The summed E-state index contributed by atoms with van der Waals surface area (Å²) < 4.78 is 0. The third kappa shape index (κ3) is 1.87. The lowest BCUT2D eigenvalue weighted by atomic mass is 10.1. The predicted octanol–water partition coefficient (Wildman–Crippen LogP) is 3.59. The first-order valence-electron chi connectivity index (χ1n) is 4.18. The Morgan fingerprint density at radius 2 is 2.00 bits per heavy atom. The molecule has 68 valence electrons. The van der Waals surface area contributed by atoms with Gasteiger partial charge in [-0.3, -0.25) is 4.79 Å². The molecular weight excluding hydrogens is 207 g/mol. The predicted molar refractivity (Wildman–Crippen MR) is 53.5 cm³/mol. The summed E-state index contributed by atoms with van der Waals surface area (Å²) in [6.45, 7) is 0. The molecule has 0 unspecified atom stereocenters. The number of Topliss-reactive ketones (excluding diaryl/α,β-unsaturated/α-hetero) is 1. The van der Waals surface area contributed by atoms with Gasteiger partial charge in [-0.2, -0.15) is 0 Å². The summed E-state index contributed by atoms with van der Waals surface area (Å²) in [5, 5.41) is 1.06. The minimum absolute atomic E-state index is 0.132. The van der Waals surface area contributed by atoms with E-state index in [-0.39, 0.29) is 11.7 Å². The first-order valence-corrected chi connectivity index (χ1v) is 4.93. The first kappa shape index (κ1) is 9.04. The minimum atomic E-state index is 0.132. The second kappa shape index (κ2) is 3.32. The van der Waals surface area contributed by atoms with Crippen LogP contribution in [0.3, 0.4) is 0 Å². The van der Waals surface area contributed by atoms with Crippen LogP contribution in [0.1, 0.15) is 23.2 Å². The standard InChI is InChI=1S/C10H8Cl2O/c11-7-3-4-9(12)8(5-7)10(13)6-1-2-6/h3-6H,1-2H2. The van der Waals surface area contributed by atoms with Crippen LogP contribution in [0.2, 0.25) is 10.0 Å². The molecule has 0 bridgehead atoms. The molecule has 3 heteroatoms. The Labute approximate surface area is 86.7 Å². The van der Waals surface area contributed by atoms with Crippen molar-refractivity contribution < 1.29 is 4.79 Å². The van der Waals surface area contributed by atoms with Gasteiger partial charge < -0.3 is 0 Å². The van der Waals surface area contributed by atoms with Crippen molar-refractivity contribution >= 4 is 29.0 Å². The molecule has 1 aromatic carbocycles. The van der Waals surface area contributed by atoms with Crippen LogP contribution in [0.4, 0.5) is 0 Å². The van der Waals surface area contributed by atoms with Crippen LogP contribution in [0.5, 0.6) is 0 Å². The monoisotopic (exact) mass is 214 g/mol. The molecule has 0 atom stereocenters. The van der Waals surface area contributed by atoms with Crippen molar-refractivity contribution in [3.05, 3.63) is 33.8 Å². The van der Waals surface area contributed by atoms with Crippen LogP contribution in [0.15, 0.2) is 18.2 Å². The molecule has 13 heavy (non-hydrogen) atoms. The van der Waals surface area contributed by atoms with E-state index < -0.39 is 0 Å². The lowest BCUT2D eigenvalue weighted by Crippen LogP contribution is -2.01. The van der Waals surface area contributed by atoms with E-state index in [0.29, 0.717) is 15.6 Å². The summed E-state index contributed by atoms with van der Waals surface area (Å²) in [6.07, 6.45) is 1.98. The normalized spacial score (nSPS) is 15.8. The van der Waals surface area contributed by atoms with E-state index in [2.05, 4.69) is 0 Å². The molecule has 1 aliphatic carbocycles. The summed E-state index contributed by atoms with van der Waals surface area (Å²) in [5.74, 6) is 0.323. The number of hydrogen-bond acceptors (Lipinski definition) is 1. The number of benzene rings is 1. The highest BCUT2D eigenvalue weighted by molar-refractivity contribution is 6.36. The summed E-state index contributed by atoms with van der Waals surface area (Å²) in [4.78, 5) is 11.6. The van der Waals surface area contributed by atoms with Crippen molar-refractivity contribution in [1.29, 1.82) is 0 Å². The second-order valence-corrected chi connectivity index (χ2v) is 4.11. The van der Waals surface area contributed by atoms with Crippen molar-refractivity contribution in [2.24, 2.45) is 5.92 Å². The van der Waals surface area contributed by atoms with Gasteiger partial charge in [0, 0.05) is 16.5 Å². The highest BCUT2D eigenvalue weighted by Crippen LogP contribution is 2.35. The number of hydrogen-bond donors (Lipinski definition) is 0. The minimum Gasteiger partial charge on any atom is -0.294 e. The van der Waals surface area contributed by atoms with Gasteiger partial charge in [0.25, 0.3) is 0 Å². The molecule has 1 fully saturated rings. The number of carbonyl (C=O) groups is 1. The largest absolute Gasteiger partial charge is 0.294 e. The van der Waals surface area contributed by atoms with Crippen molar-refractivity contribution in [2.45, 2.75) is 12.8 Å². The van der Waals surface area contributed by atoms with Gasteiger partial charge in [-0.05, 0) is 31.0 Å². The van der Waals surface area contributed by atoms with Crippen LogP contribution in [-0.4, -0.2) is 5.78 Å². The second-order valence-electron chi connectivity index (χ2n) is 3.26. The number of halogens is 2. The number of ketones is 1. The zero-order chi connectivity index (χ0) is 9.42. The molecule has 0 radical (unpaired) electrons. The molecule has 0 aliphatic heterocycles. The van der Waals surface area contributed by atoms with E-state index >= 15 is 0 Å². The maximum atomic E-state index is 11.6. The first-order chi connectivity index (χ1) is 6.18. The summed E-state index contributed by atoms with van der Waals surface area (Å²) in [6, 6.07) is 5.00. The van der Waals surface area contributed by atoms with Gasteiger partial charge in [-0.25, -0.2) is 0 Å². The summed E-state index contributed by atoms with van der Waals surface area (Å²) in [7, 11) is 0. The topological polar surface area (TPSA) is 17.1 Å². The van der Waals surface area contributed by atoms with Crippen LogP contribution in [0, 0.1) is 5.92 Å². The molecule has 1 saturated carbocycles. The lowest BCUT2D eigenvalue weighted by molar-refractivity contribution is 0.0968. The highest BCUT2D eigenvalue weighted by Gasteiger charge is 2.31. The zero-order valence-corrected chi connectivity index (χ0v) is 8.40. The Bertz CT molecular complexity index is 356. The van der Waals surface area contributed by atoms with Crippen LogP contribution in [-0.2, 0) is 0 Å². The third-order valence-corrected chi connectivity index (χ3v) is 2.71. The fraction of sp³-hybridized carbons (Fsp3) is 0.300. The zero-order valence-electron chi connectivity index (χ0n) is 6.89. The molecule has 0 amide bonds. The third-order valence-electron chi connectivity index (χ3n) is 2.14. The van der Waals surface area contributed by atoms with Gasteiger partial charge in [0.1, 0.15) is 0 Å². The van der Waals surface area contributed by atoms with E-state index in [1.807, 2.05) is 0 Å². The molecule has 0 N–H and O–H groups in total. The fourth-order valence-corrected chi connectivity index (χ4v) is 1.63. The molecule has 1 nitrogen and oxygen atoms in total. The van der Waals surface area contributed by atoms with E-state index in [4.69, 9.17) is 23.2 Å². The SMILES string of the molecule is O=C(c1cc(Cl)ccc1Cl)C1CC1. The Hall–Kier alpha value is -0.530. The van der Waals surface area contributed by atoms with Gasteiger partial charge in [-0.15, -0.1) is 0 Å². The molecule has 1 aliphatic rings. The van der Waals surface area contributed by atoms with Crippen LogP contribution >= 0.6 is 23.2 Å². The number of carbonyl (C=O) groups excluding carboxylic acids is 1. The smallest absolute Gasteiger partial charge is 0.167 e. The molecule has 0 saturated heterocycles. The maximum absolute atomic E-state index is 11.6. The van der Waals surface area contributed by atoms with Gasteiger partial charge in [0.2, 0.25) is 0 Å². The highest BCUT2D eigenvalue weighted by atomic mass is 35.5. The molecule has 2 rings (SSSR count). The summed E-state index contributed by atoms with van der Waals surface area (Å²) in [5.41, 5.74) is 0.566. The Balaban J connectivity index is 2.37. The van der Waals surface area contributed by atoms with Gasteiger partial charge in [0.15, 0.2) is 5.78 Å². The van der Waals surface area contributed by atoms with Gasteiger partial charge >= 0.3 is 0 Å². The molecule has 0 aromatic heterocycles. The van der Waals surface area contributed by atoms with Gasteiger partial charge in [0.05, 0.1) is 5.02 Å². The average molecular weight is 215 g/mol. The quantitative estimate of drug-likeness (QED) is 0.689. The van der Waals surface area contributed by atoms with E-state index in [1.54, 1.807) is 18.2 Å². The van der Waals surface area contributed by atoms with E-state index in [0.717, 1.165) is 12.8 Å². The maximum Gasteiger partial charge on any atom is 0.167 e. The average Bonchev–Trinajstić information content (AvgIpc) is 2.91. The molecule has 0 spiro atoms. The van der Waals surface area contributed by atoms with Crippen molar-refractivity contribution in [1.82, 2.24) is 0 Å². The van der Waals surface area contributed by atoms with Crippen LogP contribution < -0.4 is 0 Å². The van der Waals surface area contributed by atoms with Gasteiger partial charge in [-0.1, -0.05) is 23.2 Å². The fourth-order valence-electron chi connectivity index (χ4n) is 1.25. The Morgan fingerprint density at radius 1 is 1.31 bits per heavy atom. The van der Waals surface area contributed by atoms with Crippen molar-refractivity contribution in [3.8, 4) is 0 Å². The molecule has 1 aromatic rings. The van der Waals surface area contributed by atoms with Crippen molar-refractivity contribution in [3.63, 3.8) is 0 Å².